The van der Waals surface area contributed by atoms with Gasteiger partial charge in [-0.15, -0.1) is 0 Å². The molecule has 0 aromatic carbocycles. The van der Waals surface area contributed by atoms with Crippen LogP contribution in [0.2, 0.25) is 0 Å². The maximum Gasteiger partial charge on any atom is 0.472 e. The van der Waals surface area contributed by atoms with Crippen molar-refractivity contribution in [1.82, 2.24) is 0 Å². The Morgan fingerprint density at radius 1 is 0.638 bits per heavy atom. The van der Waals surface area contributed by atoms with Crippen LogP contribution in [0.15, 0.2) is 12.2 Å². The Hall–Kier alpha value is -1.78. The lowest BCUT2D eigenvalue weighted by atomic mass is 10.1. The minimum absolute atomic E-state index is 0.154. The van der Waals surface area contributed by atoms with Gasteiger partial charge in [0, 0.05) is 12.8 Å². The van der Waals surface area contributed by atoms with Gasteiger partial charge in [-0.1, -0.05) is 122 Å². The smallest absolute Gasteiger partial charge is 0.472 e. The van der Waals surface area contributed by atoms with Crippen molar-refractivity contribution in [2.75, 3.05) is 19.8 Å². The van der Waals surface area contributed by atoms with Crippen molar-refractivity contribution in [3.8, 4) is 0 Å². The van der Waals surface area contributed by atoms with E-state index in [4.69, 9.17) is 24.8 Å². The predicted octanol–water partition coefficient (Wildman–Crippen LogP) is 8.56. The average Bonchev–Trinajstić information content (AvgIpc) is 3.04. The number of esters is 2. The van der Waals surface area contributed by atoms with Crippen molar-refractivity contribution in [3.63, 3.8) is 0 Å². The van der Waals surface area contributed by atoms with Crippen LogP contribution in [0.3, 0.4) is 0 Å². The van der Waals surface area contributed by atoms with Gasteiger partial charge in [-0.2, -0.15) is 0 Å². The first-order valence-corrected chi connectivity index (χ1v) is 19.7. The molecule has 0 heterocycles. The molecule has 3 atom stereocenters. The van der Waals surface area contributed by atoms with E-state index in [2.05, 4.69) is 30.5 Å². The summed E-state index contributed by atoms with van der Waals surface area (Å²) in [6, 6.07) is -1.52. The largest absolute Gasteiger partial charge is 0.480 e. The number of rotatable bonds is 34. The molecule has 0 radical (unpaired) electrons. The molecule has 0 aliphatic rings. The van der Waals surface area contributed by atoms with Crippen molar-refractivity contribution < 1.29 is 47.5 Å². The Balaban J connectivity index is 4.44. The maximum atomic E-state index is 12.5. The molecule has 276 valence electrons. The minimum Gasteiger partial charge on any atom is -0.480 e. The number of ether oxygens (including phenoxy) is 2. The van der Waals surface area contributed by atoms with Gasteiger partial charge in [0.2, 0.25) is 0 Å². The molecule has 0 saturated heterocycles. The van der Waals surface area contributed by atoms with Crippen LogP contribution in [0.25, 0.3) is 0 Å². The molecule has 0 aliphatic heterocycles. The summed E-state index contributed by atoms with van der Waals surface area (Å²) < 4.78 is 32.4. The SMILES string of the molecule is CCCCCCCC/C=C/CCCCCCCC(=O)O[C@@H](COC(=O)CCCCCCCCCC)COP(=O)(O)OC[C@H](N)C(=O)O. The summed E-state index contributed by atoms with van der Waals surface area (Å²) in [5.74, 6) is -2.39. The highest BCUT2D eigenvalue weighted by Gasteiger charge is 2.28. The number of carbonyl (C=O) groups excluding carboxylic acids is 2. The molecular formula is C35H66NO10P. The van der Waals surface area contributed by atoms with Gasteiger partial charge in [-0.3, -0.25) is 23.4 Å². The van der Waals surface area contributed by atoms with Gasteiger partial charge in [-0.05, 0) is 38.5 Å². The second-order valence-electron chi connectivity index (χ2n) is 12.4. The fourth-order valence-corrected chi connectivity index (χ4v) is 5.60. The molecule has 0 aromatic heterocycles. The lowest BCUT2D eigenvalue weighted by Crippen LogP contribution is -2.34. The van der Waals surface area contributed by atoms with Crippen LogP contribution in [0.1, 0.15) is 162 Å². The van der Waals surface area contributed by atoms with Crippen LogP contribution < -0.4 is 5.73 Å². The summed E-state index contributed by atoms with van der Waals surface area (Å²) in [5.41, 5.74) is 5.30. The molecule has 4 N–H and O–H groups in total. The van der Waals surface area contributed by atoms with E-state index in [9.17, 15) is 23.8 Å². The third-order valence-corrected chi connectivity index (χ3v) is 8.71. The van der Waals surface area contributed by atoms with Crippen LogP contribution >= 0.6 is 7.82 Å². The van der Waals surface area contributed by atoms with Gasteiger partial charge in [-0.25, -0.2) is 4.57 Å². The Bertz CT molecular complexity index is 869. The molecular weight excluding hydrogens is 625 g/mol. The number of allylic oxidation sites excluding steroid dienone is 2. The lowest BCUT2D eigenvalue weighted by molar-refractivity contribution is -0.161. The van der Waals surface area contributed by atoms with Crippen molar-refractivity contribution in [1.29, 1.82) is 0 Å². The number of phosphoric ester groups is 1. The van der Waals surface area contributed by atoms with Crippen molar-refractivity contribution in [2.45, 2.75) is 174 Å². The molecule has 0 bridgehead atoms. The monoisotopic (exact) mass is 691 g/mol. The number of carbonyl (C=O) groups is 3. The quantitative estimate of drug-likeness (QED) is 0.0255. The number of phosphoric acid groups is 1. The molecule has 0 aliphatic carbocycles. The first-order chi connectivity index (χ1) is 22.6. The normalized spacial score (nSPS) is 14.1. The van der Waals surface area contributed by atoms with Crippen LogP contribution in [-0.4, -0.2) is 59.9 Å². The zero-order chi connectivity index (χ0) is 35.0. The zero-order valence-electron chi connectivity index (χ0n) is 29.4. The third-order valence-electron chi connectivity index (χ3n) is 7.76. The van der Waals surface area contributed by atoms with E-state index in [0.29, 0.717) is 12.8 Å². The van der Waals surface area contributed by atoms with E-state index >= 15 is 0 Å². The molecule has 0 fully saturated rings. The first kappa shape index (κ1) is 45.2. The van der Waals surface area contributed by atoms with Gasteiger partial charge in [0.05, 0.1) is 13.2 Å². The summed E-state index contributed by atoms with van der Waals surface area (Å²) in [6.45, 7) is 2.73. The summed E-state index contributed by atoms with van der Waals surface area (Å²) in [6.07, 6.45) is 27.3. The van der Waals surface area contributed by atoms with Gasteiger partial charge in [0.1, 0.15) is 12.6 Å². The average molecular weight is 692 g/mol. The number of carboxylic acids is 1. The highest BCUT2D eigenvalue weighted by molar-refractivity contribution is 7.47. The second kappa shape index (κ2) is 31.5. The minimum atomic E-state index is -4.70. The highest BCUT2D eigenvalue weighted by Crippen LogP contribution is 2.43. The van der Waals surface area contributed by atoms with E-state index in [1.807, 2.05) is 0 Å². The molecule has 0 amide bonds. The molecule has 0 saturated carbocycles. The number of hydrogen-bond acceptors (Lipinski definition) is 9. The van der Waals surface area contributed by atoms with Crippen molar-refractivity contribution in [2.24, 2.45) is 5.73 Å². The third kappa shape index (κ3) is 31.3. The second-order valence-corrected chi connectivity index (χ2v) is 13.8. The zero-order valence-corrected chi connectivity index (χ0v) is 30.3. The standard InChI is InChI=1S/C35H66NO10P/c1-3-5-7-9-11-13-14-15-16-17-18-19-21-23-25-27-34(38)46-31(29-44-47(41,42)45-30-32(36)35(39)40)28-43-33(37)26-24-22-20-12-10-8-6-4-2/h15-16,31-32H,3-14,17-30,36H2,1-2H3,(H,39,40)(H,41,42)/b16-15+/t31-,32-/m0/s1. The Kier molecular flexibility index (Phi) is 30.3. The summed E-state index contributed by atoms with van der Waals surface area (Å²) in [5, 5.41) is 8.83. The first-order valence-electron chi connectivity index (χ1n) is 18.2. The molecule has 0 aromatic rings. The van der Waals surface area contributed by atoms with Crippen LogP contribution in [0.4, 0.5) is 0 Å². The van der Waals surface area contributed by atoms with Gasteiger partial charge in [0.15, 0.2) is 6.10 Å². The van der Waals surface area contributed by atoms with Gasteiger partial charge in [0.25, 0.3) is 0 Å². The number of unbranched alkanes of at least 4 members (excludes halogenated alkanes) is 18. The summed E-state index contributed by atoms with van der Waals surface area (Å²) in [4.78, 5) is 45.5. The number of nitrogens with two attached hydrogens (primary N) is 1. The fourth-order valence-electron chi connectivity index (χ4n) is 4.82. The van der Waals surface area contributed by atoms with E-state index in [-0.39, 0.29) is 19.4 Å². The van der Waals surface area contributed by atoms with Gasteiger partial charge < -0.3 is 25.2 Å². The molecule has 1 unspecified atom stereocenters. The molecule has 47 heavy (non-hydrogen) atoms. The fraction of sp³-hybridized carbons (Fsp3) is 0.857. The van der Waals surface area contributed by atoms with Crippen LogP contribution in [0, 0.1) is 0 Å². The maximum absolute atomic E-state index is 12.5. The summed E-state index contributed by atoms with van der Waals surface area (Å²) >= 11 is 0. The number of aliphatic carboxylic acids is 1. The van der Waals surface area contributed by atoms with E-state index in [1.165, 1.54) is 64.2 Å². The Labute approximate surface area is 284 Å². The number of hydrogen-bond donors (Lipinski definition) is 3. The van der Waals surface area contributed by atoms with Crippen LogP contribution in [-0.2, 0) is 37.5 Å². The number of carboxylic acid groups (broad SMARTS) is 1. The van der Waals surface area contributed by atoms with E-state index in [0.717, 1.165) is 57.8 Å². The lowest BCUT2D eigenvalue weighted by Gasteiger charge is -2.20. The molecule has 11 nitrogen and oxygen atoms in total. The van der Waals surface area contributed by atoms with Gasteiger partial charge >= 0.3 is 25.7 Å². The topological polar surface area (TPSA) is 172 Å². The summed E-state index contributed by atoms with van der Waals surface area (Å²) in [7, 11) is -4.70. The van der Waals surface area contributed by atoms with Crippen molar-refractivity contribution >= 4 is 25.7 Å². The van der Waals surface area contributed by atoms with Crippen molar-refractivity contribution in [3.05, 3.63) is 12.2 Å². The Morgan fingerprint density at radius 3 is 1.55 bits per heavy atom. The molecule has 0 spiro atoms. The Morgan fingerprint density at radius 2 is 1.06 bits per heavy atom. The predicted molar refractivity (Wildman–Crippen MR) is 185 cm³/mol. The van der Waals surface area contributed by atoms with E-state index < -0.39 is 51.1 Å². The van der Waals surface area contributed by atoms with E-state index in [1.54, 1.807) is 0 Å². The molecule has 12 heteroatoms. The molecule has 0 rings (SSSR count). The van der Waals surface area contributed by atoms with Crippen LogP contribution in [0.5, 0.6) is 0 Å². The highest BCUT2D eigenvalue weighted by atomic mass is 31.2.